The number of rotatable bonds is 3. The molecule has 1 heterocycles. The number of anilines is 2. The Morgan fingerprint density at radius 2 is 2.00 bits per heavy atom. The van der Waals surface area contributed by atoms with Crippen LogP contribution in [-0.4, -0.2) is 10.9 Å². The molecule has 1 aromatic carbocycles. The van der Waals surface area contributed by atoms with Crippen molar-refractivity contribution in [2.24, 2.45) is 5.84 Å². The number of aryl methyl sites for hydroxylation is 2. The number of amides is 1. The summed E-state index contributed by atoms with van der Waals surface area (Å²) >= 11 is 0. The van der Waals surface area contributed by atoms with Gasteiger partial charge in [-0.2, -0.15) is 0 Å². The molecule has 5 heteroatoms. The van der Waals surface area contributed by atoms with E-state index in [2.05, 4.69) is 15.7 Å². The molecule has 0 fully saturated rings. The number of carbonyl (C=O) groups excluding carboxylic acids is 1. The molecular weight excluding hydrogens is 240 g/mol. The SMILES string of the molecule is Cc1cccc(NC(=O)c2ccc(NN)c(C)c2)n1. The highest BCUT2D eigenvalue weighted by Gasteiger charge is 2.08. The number of hydrogen-bond acceptors (Lipinski definition) is 4. The van der Waals surface area contributed by atoms with Crippen molar-refractivity contribution < 1.29 is 4.79 Å². The maximum atomic E-state index is 12.1. The van der Waals surface area contributed by atoms with Gasteiger partial charge in [0, 0.05) is 11.3 Å². The van der Waals surface area contributed by atoms with Crippen molar-refractivity contribution >= 4 is 17.4 Å². The third-order valence-electron chi connectivity index (χ3n) is 2.77. The zero-order valence-electron chi connectivity index (χ0n) is 10.9. The first kappa shape index (κ1) is 13.0. The van der Waals surface area contributed by atoms with Gasteiger partial charge in [-0.25, -0.2) is 4.98 Å². The van der Waals surface area contributed by atoms with Gasteiger partial charge in [0.05, 0.1) is 5.69 Å². The normalized spacial score (nSPS) is 10.1. The lowest BCUT2D eigenvalue weighted by Gasteiger charge is -2.08. The molecule has 0 saturated heterocycles. The standard InChI is InChI=1S/C14H16N4O/c1-9-8-11(6-7-12(9)18-15)14(19)17-13-5-3-4-10(2)16-13/h3-8,18H,15H2,1-2H3,(H,16,17,19). The minimum atomic E-state index is -0.190. The predicted octanol–water partition coefficient (Wildman–Crippen LogP) is 2.24. The van der Waals surface area contributed by atoms with E-state index in [9.17, 15) is 4.79 Å². The van der Waals surface area contributed by atoms with Crippen LogP contribution in [0.25, 0.3) is 0 Å². The van der Waals surface area contributed by atoms with E-state index in [-0.39, 0.29) is 5.91 Å². The Balaban J connectivity index is 2.18. The van der Waals surface area contributed by atoms with Crippen molar-refractivity contribution in [3.63, 3.8) is 0 Å². The third kappa shape index (κ3) is 3.08. The van der Waals surface area contributed by atoms with Crippen LogP contribution in [0.1, 0.15) is 21.6 Å². The van der Waals surface area contributed by atoms with E-state index in [1.54, 1.807) is 24.3 Å². The lowest BCUT2D eigenvalue weighted by atomic mass is 10.1. The van der Waals surface area contributed by atoms with Crippen LogP contribution in [0.3, 0.4) is 0 Å². The number of hydrazine groups is 1. The van der Waals surface area contributed by atoms with Crippen LogP contribution in [0.5, 0.6) is 0 Å². The van der Waals surface area contributed by atoms with Crippen molar-refractivity contribution in [2.75, 3.05) is 10.7 Å². The first-order chi connectivity index (χ1) is 9.10. The Bertz CT molecular complexity index is 610. The number of benzene rings is 1. The number of carbonyl (C=O) groups is 1. The third-order valence-corrected chi connectivity index (χ3v) is 2.77. The van der Waals surface area contributed by atoms with Crippen molar-refractivity contribution in [1.29, 1.82) is 0 Å². The molecule has 0 spiro atoms. The largest absolute Gasteiger partial charge is 0.324 e. The molecule has 0 radical (unpaired) electrons. The van der Waals surface area contributed by atoms with E-state index in [4.69, 9.17) is 5.84 Å². The number of hydrogen-bond donors (Lipinski definition) is 3. The van der Waals surface area contributed by atoms with Gasteiger partial charge in [-0.1, -0.05) is 6.07 Å². The second kappa shape index (κ2) is 5.49. The molecule has 0 atom stereocenters. The maximum Gasteiger partial charge on any atom is 0.256 e. The van der Waals surface area contributed by atoms with E-state index in [0.717, 1.165) is 16.9 Å². The molecule has 19 heavy (non-hydrogen) atoms. The van der Waals surface area contributed by atoms with E-state index in [1.807, 2.05) is 26.0 Å². The number of nitrogens with one attached hydrogen (secondary N) is 2. The minimum Gasteiger partial charge on any atom is -0.324 e. The molecule has 2 aromatic rings. The summed E-state index contributed by atoms with van der Waals surface area (Å²) in [6.07, 6.45) is 0. The summed E-state index contributed by atoms with van der Waals surface area (Å²) in [7, 11) is 0. The van der Waals surface area contributed by atoms with Gasteiger partial charge < -0.3 is 10.7 Å². The molecule has 0 saturated carbocycles. The first-order valence-corrected chi connectivity index (χ1v) is 5.92. The summed E-state index contributed by atoms with van der Waals surface area (Å²) in [5.41, 5.74) is 5.71. The average molecular weight is 256 g/mol. The number of nitrogens with zero attached hydrogens (tertiary/aromatic N) is 1. The van der Waals surface area contributed by atoms with E-state index in [1.165, 1.54) is 0 Å². The molecule has 1 amide bonds. The zero-order chi connectivity index (χ0) is 13.8. The predicted molar refractivity (Wildman–Crippen MR) is 75.9 cm³/mol. The van der Waals surface area contributed by atoms with Crippen LogP contribution in [0.15, 0.2) is 36.4 Å². The van der Waals surface area contributed by atoms with Crippen LogP contribution >= 0.6 is 0 Å². The summed E-state index contributed by atoms with van der Waals surface area (Å²) in [6, 6.07) is 10.8. The number of pyridine rings is 1. The highest BCUT2D eigenvalue weighted by Crippen LogP contribution is 2.16. The summed E-state index contributed by atoms with van der Waals surface area (Å²) in [6.45, 7) is 3.76. The van der Waals surface area contributed by atoms with Gasteiger partial charge in [-0.3, -0.25) is 10.6 Å². The smallest absolute Gasteiger partial charge is 0.256 e. The Morgan fingerprint density at radius 1 is 1.21 bits per heavy atom. The molecular formula is C14H16N4O. The molecule has 0 aliphatic rings. The quantitative estimate of drug-likeness (QED) is 0.581. The number of nitrogens with two attached hydrogens (primary N) is 1. The summed E-state index contributed by atoms with van der Waals surface area (Å²) in [4.78, 5) is 16.3. The molecule has 0 unspecified atom stereocenters. The molecule has 0 aliphatic heterocycles. The monoisotopic (exact) mass is 256 g/mol. The van der Waals surface area contributed by atoms with Gasteiger partial charge in [0.2, 0.25) is 0 Å². The van der Waals surface area contributed by atoms with Crippen LogP contribution in [-0.2, 0) is 0 Å². The molecule has 5 nitrogen and oxygen atoms in total. The second-order valence-corrected chi connectivity index (χ2v) is 4.29. The summed E-state index contributed by atoms with van der Waals surface area (Å²) in [5, 5.41) is 2.76. The van der Waals surface area contributed by atoms with Crippen LogP contribution in [0.2, 0.25) is 0 Å². The van der Waals surface area contributed by atoms with Crippen LogP contribution < -0.4 is 16.6 Å². The fourth-order valence-corrected chi connectivity index (χ4v) is 1.77. The minimum absolute atomic E-state index is 0.190. The van der Waals surface area contributed by atoms with Gasteiger partial charge in [-0.05, 0) is 49.7 Å². The Kier molecular flexibility index (Phi) is 3.77. The lowest BCUT2D eigenvalue weighted by molar-refractivity contribution is 0.102. The van der Waals surface area contributed by atoms with Crippen molar-refractivity contribution in [1.82, 2.24) is 4.98 Å². The topological polar surface area (TPSA) is 80.0 Å². The summed E-state index contributed by atoms with van der Waals surface area (Å²) < 4.78 is 0. The fourth-order valence-electron chi connectivity index (χ4n) is 1.77. The fraction of sp³-hybridized carbons (Fsp3) is 0.143. The number of nitrogen functional groups attached to an aromatic ring is 1. The molecule has 4 N–H and O–H groups in total. The van der Waals surface area contributed by atoms with Gasteiger partial charge in [0.15, 0.2) is 0 Å². The van der Waals surface area contributed by atoms with Crippen LogP contribution in [0.4, 0.5) is 11.5 Å². The highest BCUT2D eigenvalue weighted by molar-refractivity contribution is 6.04. The molecule has 2 rings (SSSR count). The average Bonchev–Trinajstić information content (AvgIpc) is 2.38. The van der Waals surface area contributed by atoms with Crippen molar-refractivity contribution in [2.45, 2.75) is 13.8 Å². The van der Waals surface area contributed by atoms with Gasteiger partial charge in [0.1, 0.15) is 5.82 Å². The first-order valence-electron chi connectivity index (χ1n) is 5.92. The molecule has 98 valence electrons. The zero-order valence-corrected chi connectivity index (χ0v) is 10.9. The highest BCUT2D eigenvalue weighted by atomic mass is 16.1. The van der Waals surface area contributed by atoms with E-state index >= 15 is 0 Å². The molecule has 0 bridgehead atoms. The number of aromatic nitrogens is 1. The van der Waals surface area contributed by atoms with Gasteiger partial charge >= 0.3 is 0 Å². The van der Waals surface area contributed by atoms with E-state index < -0.39 is 0 Å². The van der Waals surface area contributed by atoms with Crippen molar-refractivity contribution in [3.05, 3.63) is 53.2 Å². The van der Waals surface area contributed by atoms with Gasteiger partial charge in [0.25, 0.3) is 5.91 Å². The van der Waals surface area contributed by atoms with Crippen LogP contribution in [0, 0.1) is 13.8 Å². The molecule has 1 aromatic heterocycles. The summed E-state index contributed by atoms with van der Waals surface area (Å²) in [5.74, 6) is 5.71. The van der Waals surface area contributed by atoms with E-state index in [0.29, 0.717) is 11.4 Å². The van der Waals surface area contributed by atoms with Crippen molar-refractivity contribution in [3.8, 4) is 0 Å². The Hall–Kier alpha value is -2.40. The molecule has 0 aliphatic carbocycles. The maximum absolute atomic E-state index is 12.1. The second-order valence-electron chi connectivity index (χ2n) is 4.29. The Labute approximate surface area is 111 Å². The lowest BCUT2D eigenvalue weighted by Crippen LogP contribution is -2.14. The van der Waals surface area contributed by atoms with Gasteiger partial charge in [-0.15, -0.1) is 0 Å². The Morgan fingerprint density at radius 3 is 2.63 bits per heavy atom.